The van der Waals surface area contributed by atoms with Gasteiger partial charge < -0.3 is 9.88 Å². The number of hydrogen-bond acceptors (Lipinski definition) is 2. The second-order valence-corrected chi connectivity index (χ2v) is 8.60. The molecule has 1 N–H and O–H groups in total. The lowest BCUT2D eigenvalue weighted by Crippen LogP contribution is -2.25. The van der Waals surface area contributed by atoms with Crippen molar-refractivity contribution in [1.82, 2.24) is 14.9 Å². The zero-order valence-corrected chi connectivity index (χ0v) is 17.1. The van der Waals surface area contributed by atoms with Gasteiger partial charge in [0.2, 0.25) is 0 Å². The third-order valence-electron chi connectivity index (χ3n) is 6.60. The Morgan fingerprint density at radius 1 is 0.933 bits per heavy atom. The van der Waals surface area contributed by atoms with Crippen LogP contribution in [0.1, 0.15) is 36.7 Å². The number of fused-ring (bicyclic) bond motifs is 5. The summed E-state index contributed by atoms with van der Waals surface area (Å²) < 4.78 is 2.33. The van der Waals surface area contributed by atoms with E-state index >= 15 is 0 Å². The molecule has 1 aliphatic carbocycles. The summed E-state index contributed by atoms with van der Waals surface area (Å²) in [5.41, 5.74) is 9.12. The molecule has 2 aromatic heterocycles. The molecule has 4 aromatic rings. The summed E-state index contributed by atoms with van der Waals surface area (Å²) in [6, 6.07) is 19.8. The van der Waals surface area contributed by atoms with Crippen molar-refractivity contribution >= 4 is 16.6 Å². The smallest absolute Gasteiger partial charge is 0.123 e. The summed E-state index contributed by atoms with van der Waals surface area (Å²) in [7, 11) is 0. The number of hydrogen-bond donors (Lipinski definition) is 1. The van der Waals surface area contributed by atoms with Gasteiger partial charge in [0.25, 0.3) is 0 Å². The Hall–Kier alpha value is -3.59. The topological polar surface area (TPSA) is 29.9 Å². The highest BCUT2D eigenvalue weighted by molar-refractivity contribution is 6.01. The molecule has 6 rings (SSSR count). The minimum atomic E-state index is 0.0302. The fourth-order valence-corrected chi connectivity index (χ4v) is 5.07. The maximum atomic E-state index is 4.14. The molecule has 0 radical (unpaired) electrons. The Balaban J connectivity index is 1.46. The Bertz CT molecular complexity index is 1340. The van der Waals surface area contributed by atoms with Crippen LogP contribution in [-0.2, 0) is 5.41 Å². The summed E-state index contributed by atoms with van der Waals surface area (Å²) in [6.07, 6.45) is 12.4. The zero-order valence-electron chi connectivity index (χ0n) is 17.1. The van der Waals surface area contributed by atoms with Gasteiger partial charge in [-0.3, -0.25) is 4.98 Å². The summed E-state index contributed by atoms with van der Waals surface area (Å²) in [4.78, 5) is 4.14. The van der Waals surface area contributed by atoms with Gasteiger partial charge in [-0.2, -0.15) is 0 Å². The number of allylic oxidation sites excluding steroid dienone is 2. The molecule has 146 valence electrons. The van der Waals surface area contributed by atoms with E-state index in [4.69, 9.17) is 0 Å². The SMILES string of the molecule is CC1(C)c2ccccc2-c2c1ccc1c2ccn1C1C=CC=C(c2ccncc2)N1. The molecular formula is C27H23N3. The quantitative estimate of drug-likeness (QED) is 0.453. The minimum Gasteiger partial charge on any atom is -0.361 e. The molecule has 1 aliphatic heterocycles. The van der Waals surface area contributed by atoms with Crippen LogP contribution in [0.5, 0.6) is 0 Å². The van der Waals surface area contributed by atoms with E-state index < -0.39 is 0 Å². The monoisotopic (exact) mass is 389 g/mol. The van der Waals surface area contributed by atoms with E-state index in [1.165, 1.54) is 33.2 Å². The van der Waals surface area contributed by atoms with E-state index in [0.29, 0.717) is 0 Å². The number of pyridine rings is 1. The highest BCUT2D eigenvalue weighted by Gasteiger charge is 2.36. The normalized spacial score (nSPS) is 18.6. The molecule has 0 bridgehead atoms. The molecule has 2 aromatic carbocycles. The number of aromatic nitrogens is 2. The van der Waals surface area contributed by atoms with Crippen LogP contribution in [0, 0.1) is 0 Å². The second kappa shape index (κ2) is 6.20. The molecule has 30 heavy (non-hydrogen) atoms. The summed E-state index contributed by atoms with van der Waals surface area (Å²) in [5, 5.41) is 5.00. The van der Waals surface area contributed by atoms with Crippen molar-refractivity contribution in [2.24, 2.45) is 0 Å². The van der Waals surface area contributed by atoms with Crippen LogP contribution in [0.15, 0.2) is 91.4 Å². The third kappa shape index (κ3) is 2.35. The molecule has 0 fully saturated rings. The van der Waals surface area contributed by atoms with Crippen molar-refractivity contribution < 1.29 is 0 Å². The van der Waals surface area contributed by atoms with Crippen molar-refractivity contribution in [3.05, 3.63) is 108 Å². The Labute approximate surface area is 176 Å². The van der Waals surface area contributed by atoms with Gasteiger partial charge in [0.1, 0.15) is 6.17 Å². The van der Waals surface area contributed by atoms with E-state index in [-0.39, 0.29) is 11.6 Å². The van der Waals surface area contributed by atoms with Crippen LogP contribution in [0.4, 0.5) is 0 Å². The average Bonchev–Trinajstić information content (AvgIpc) is 3.32. The number of benzene rings is 2. The molecule has 0 amide bonds. The first-order valence-corrected chi connectivity index (χ1v) is 10.4. The average molecular weight is 390 g/mol. The van der Waals surface area contributed by atoms with Gasteiger partial charge in [0, 0.05) is 40.7 Å². The maximum Gasteiger partial charge on any atom is 0.123 e. The minimum absolute atomic E-state index is 0.0302. The van der Waals surface area contributed by atoms with Gasteiger partial charge in [0.15, 0.2) is 0 Å². The van der Waals surface area contributed by atoms with Gasteiger partial charge >= 0.3 is 0 Å². The second-order valence-electron chi connectivity index (χ2n) is 8.60. The first-order chi connectivity index (χ1) is 14.6. The highest BCUT2D eigenvalue weighted by Crippen LogP contribution is 2.51. The lowest BCUT2D eigenvalue weighted by atomic mass is 9.82. The van der Waals surface area contributed by atoms with E-state index in [0.717, 1.165) is 11.3 Å². The van der Waals surface area contributed by atoms with Crippen LogP contribution in [0.3, 0.4) is 0 Å². The Morgan fingerprint density at radius 3 is 2.63 bits per heavy atom. The molecule has 0 spiro atoms. The lowest BCUT2D eigenvalue weighted by Gasteiger charge is -2.25. The molecule has 3 heterocycles. The predicted octanol–water partition coefficient (Wildman–Crippen LogP) is 6.04. The van der Waals surface area contributed by atoms with E-state index in [1.54, 1.807) is 0 Å². The number of nitrogens with zero attached hydrogens (tertiary/aromatic N) is 2. The number of nitrogens with one attached hydrogen (secondary N) is 1. The van der Waals surface area contributed by atoms with Crippen LogP contribution in [0.25, 0.3) is 27.7 Å². The summed E-state index contributed by atoms with van der Waals surface area (Å²) in [6.45, 7) is 4.66. The Kier molecular flexibility index (Phi) is 3.57. The third-order valence-corrected chi connectivity index (χ3v) is 6.60. The van der Waals surface area contributed by atoms with Crippen molar-refractivity contribution in [2.45, 2.75) is 25.4 Å². The van der Waals surface area contributed by atoms with Crippen molar-refractivity contribution in [3.63, 3.8) is 0 Å². The standard InChI is InChI=1S/C27H23N3/c1-27(2)21-7-4-3-6-19(21)26-20-14-17-30(24(20)11-10-22(26)27)25-9-5-8-23(29-25)18-12-15-28-16-13-18/h3-17,25,29H,1-2H3. The van der Waals surface area contributed by atoms with E-state index in [9.17, 15) is 0 Å². The number of dihydropyridines is 1. The van der Waals surface area contributed by atoms with Crippen LogP contribution in [0.2, 0.25) is 0 Å². The molecule has 0 saturated carbocycles. The van der Waals surface area contributed by atoms with Crippen LogP contribution < -0.4 is 5.32 Å². The first-order valence-electron chi connectivity index (χ1n) is 10.4. The van der Waals surface area contributed by atoms with E-state index in [1.807, 2.05) is 24.5 Å². The maximum absolute atomic E-state index is 4.14. The molecular weight excluding hydrogens is 366 g/mol. The fourth-order valence-electron chi connectivity index (χ4n) is 5.07. The number of rotatable bonds is 2. The van der Waals surface area contributed by atoms with Crippen molar-refractivity contribution in [2.75, 3.05) is 0 Å². The fraction of sp³-hybridized carbons (Fsp3) is 0.148. The van der Waals surface area contributed by atoms with E-state index in [2.05, 4.69) is 95.6 Å². The van der Waals surface area contributed by atoms with Gasteiger partial charge in [-0.1, -0.05) is 50.3 Å². The zero-order chi connectivity index (χ0) is 20.3. The van der Waals surface area contributed by atoms with Crippen molar-refractivity contribution in [3.8, 4) is 11.1 Å². The largest absolute Gasteiger partial charge is 0.361 e. The van der Waals surface area contributed by atoms with Crippen LogP contribution >= 0.6 is 0 Å². The molecule has 1 atom stereocenters. The first kappa shape index (κ1) is 17.3. The van der Waals surface area contributed by atoms with Crippen molar-refractivity contribution in [1.29, 1.82) is 0 Å². The van der Waals surface area contributed by atoms with Gasteiger partial charge in [-0.05, 0) is 58.7 Å². The molecule has 1 unspecified atom stereocenters. The molecule has 2 aliphatic rings. The van der Waals surface area contributed by atoms with Gasteiger partial charge in [0.05, 0.1) is 5.52 Å². The van der Waals surface area contributed by atoms with Gasteiger partial charge in [-0.25, -0.2) is 0 Å². The Morgan fingerprint density at radius 2 is 1.77 bits per heavy atom. The molecule has 3 nitrogen and oxygen atoms in total. The molecule has 0 saturated heterocycles. The predicted molar refractivity (Wildman–Crippen MR) is 123 cm³/mol. The summed E-state index contributed by atoms with van der Waals surface area (Å²) in [5.74, 6) is 0. The summed E-state index contributed by atoms with van der Waals surface area (Å²) >= 11 is 0. The molecule has 3 heteroatoms. The van der Waals surface area contributed by atoms with Crippen LogP contribution in [-0.4, -0.2) is 9.55 Å². The highest BCUT2D eigenvalue weighted by atomic mass is 15.2. The lowest BCUT2D eigenvalue weighted by molar-refractivity contribution is 0.573. The van der Waals surface area contributed by atoms with Gasteiger partial charge in [-0.15, -0.1) is 0 Å².